The van der Waals surface area contributed by atoms with Crippen molar-refractivity contribution in [2.24, 2.45) is 0 Å². The van der Waals surface area contributed by atoms with Crippen LogP contribution in [0.4, 0.5) is 0 Å². The van der Waals surface area contributed by atoms with Crippen LogP contribution in [0.5, 0.6) is 11.5 Å². The average molecular weight is 400 g/mol. The summed E-state index contributed by atoms with van der Waals surface area (Å²) >= 11 is 1.15. The molecule has 0 amide bonds. The maximum Gasteiger partial charge on any atom is 0.348 e. The summed E-state index contributed by atoms with van der Waals surface area (Å²) in [5, 5.41) is 0.410. The van der Waals surface area contributed by atoms with E-state index in [0.29, 0.717) is 38.0 Å². The minimum Gasteiger partial charge on any atom is -0.497 e. The summed E-state index contributed by atoms with van der Waals surface area (Å²) in [6.07, 6.45) is 3.48. The number of aryl methyl sites for hydroxylation is 1. The minimum atomic E-state index is -0.442. The fourth-order valence-electron chi connectivity index (χ4n) is 2.73. The number of ether oxygens (including phenoxy) is 3. The Bertz CT molecular complexity index is 1090. The number of aromatic nitrogens is 2. The standard InChI is InChI=1S/C20H20N2O5S/c1-5-27-20(24)17-11(2)16-18(23)21-15(22-19(16)28-17)7-6-12-8-13(25-3)10-14(9-12)26-4/h6-10H,5H2,1-4H3,(H,21,22,23)/b7-6+. The Morgan fingerprint density at radius 3 is 2.46 bits per heavy atom. The van der Waals surface area contributed by atoms with Gasteiger partial charge in [0.15, 0.2) is 0 Å². The van der Waals surface area contributed by atoms with Gasteiger partial charge in [-0.1, -0.05) is 6.08 Å². The number of hydrogen-bond acceptors (Lipinski definition) is 7. The van der Waals surface area contributed by atoms with Gasteiger partial charge in [0, 0.05) is 6.07 Å². The van der Waals surface area contributed by atoms with E-state index in [0.717, 1.165) is 16.9 Å². The first-order chi connectivity index (χ1) is 13.5. The van der Waals surface area contributed by atoms with Crippen LogP contribution in [0.15, 0.2) is 23.0 Å². The predicted octanol–water partition coefficient (Wildman–Crippen LogP) is 3.66. The van der Waals surface area contributed by atoms with E-state index in [1.54, 1.807) is 46.3 Å². The highest BCUT2D eigenvalue weighted by Crippen LogP contribution is 2.28. The fraction of sp³-hybridized carbons (Fsp3) is 0.250. The zero-order chi connectivity index (χ0) is 20.3. The lowest BCUT2D eigenvalue weighted by atomic mass is 10.2. The monoisotopic (exact) mass is 400 g/mol. The summed E-state index contributed by atoms with van der Waals surface area (Å²) in [6.45, 7) is 3.73. The topological polar surface area (TPSA) is 90.5 Å². The van der Waals surface area contributed by atoms with Crippen molar-refractivity contribution in [1.29, 1.82) is 0 Å². The molecule has 0 aliphatic heterocycles. The van der Waals surface area contributed by atoms with Crippen LogP contribution in [0.3, 0.4) is 0 Å². The van der Waals surface area contributed by atoms with Crippen molar-refractivity contribution in [2.75, 3.05) is 20.8 Å². The van der Waals surface area contributed by atoms with E-state index in [1.807, 2.05) is 12.1 Å². The molecule has 1 N–H and O–H groups in total. The Labute approximate surface area is 165 Å². The van der Waals surface area contributed by atoms with Gasteiger partial charge in [-0.2, -0.15) is 0 Å². The van der Waals surface area contributed by atoms with Crippen LogP contribution >= 0.6 is 11.3 Å². The van der Waals surface area contributed by atoms with E-state index >= 15 is 0 Å². The summed E-state index contributed by atoms with van der Waals surface area (Å²) in [4.78, 5) is 32.7. The molecular weight excluding hydrogens is 380 g/mol. The summed E-state index contributed by atoms with van der Waals surface area (Å²) in [6, 6.07) is 5.45. The number of aromatic amines is 1. The van der Waals surface area contributed by atoms with Crippen molar-refractivity contribution in [1.82, 2.24) is 9.97 Å². The van der Waals surface area contributed by atoms with E-state index in [4.69, 9.17) is 14.2 Å². The van der Waals surface area contributed by atoms with Crippen molar-refractivity contribution < 1.29 is 19.0 Å². The number of fused-ring (bicyclic) bond motifs is 1. The van der Waals surface area contributed by atoms with Crippen molar-refractivity contribution in [3.8, 4) is 11.5 Å². The molecule has 0 atom stereocenters. The van der Waals surface area contributed by atoms with E-state index in [2.05, 4.69) is 9.97 Å². The first-order valence-electron chi connectivity index (χ1n) is 8.58. The van der Waals surface area contributed by atoms with Gasteiger partial charge in [-0.25, -0.2) is 9.78 Å². The van der Waals surface area contributed by atoms with Crippen LogP contribution < -0.4 is 15.0 Å². The SMILES string of the molecule is CCOC(=O)c1sc2nc(/C=C/c3cc(OC)cc(OC)c3)[nH]c(=O)c2c1C. The number of carbonyl (C=O) groups is 1. The molecule has 0 unspecified atom stereocenters. The molecule has 28 heavy (non-hydrogen) atoms. The van der Waals surface area contributed by atoms with Crippen molar-refractivity contribution >= 4 is 39.7 Å². The van der Waals surface area contributed by atoms with Crippen molar-refractivity contribution in [3.63, 3.8) is 0 Å². The number of H-pyrrole nitrogens is 1. The summed E-state index contributed by atoms with van der Waals surface area (Å²) < 4.78 is 15.6. The number of benzene rings is 1. The van der Waals surface area contributed by atoms with E-state index in [-0.39, 0.29) is 12.2 Å². The smallest absolute Gasteiger partial charge is 0.348 e. The van der Waals surface area contributed by atoms with E-state index in [1.165, 1.54) is 0 Å². The lowest BCUT2D eigenvalue weighted by Crippen LogP contribution is -2.10. The normalized spacial score (nSPS) is 11.1. The maximum absolute atomic E-state index is 12.5. The summed E-state index contributed by atoms with van der Waals surface area (Å²) in [7, 11) is 3.16. The van der Waals surface area contributed by atoms with Gasteiger partial charge in [-0.05, 0) is 43.2 Å². The molecule has 2 aromatic heterocycles. The van der Waals surface area contributed by atoms with Crippen LogP contribution in [0, 0.1) is 6.92 Å². The van der Waals surface area contributed by atoms with Gasteiger partial charge in [-0.3, -0.25) is 4.79 Å². The van der Waals surface area contributed by atoms with Gasteiger partial charge >= 0.3 is 5.97 Å². The molecule has 0 saturated heterocycles. The molecule has 2 heterocycles. The lowest BCUT2D eigenvalue weighted by Gasteiger charge is -2.05. The molecule has 7 nitrogen and oxygen atoms in total. The van der Waals surface area contributed by atoms with Gasteiger partial charge < -0.3 is 19.2 Å². The lowest BCUT2D eigenvalue weighted by molar-refractivity contribution is 0.0531. The van der Waals surface area contributed by atoms with E-state index in [9.17, 15) is 9.59 Å². The van der Waals surface area contributed by atoms with Crippen molar-refractivity contribution in [3.05, 3.63) is 50.4 Å². The number of hydrogen-bond donors (Lipinski definition) is 1. The van der Waals surface area contributed by atoms with Gasteiger partial charge in [0.1, 0.15) is 27.0 Å². The third kappa shape index (κ3) is 3.91. The molecule has 0 aliphatic carbocycles. The maximum atomic E-state index is 12.5. The molecule has 0 fully saturated rings. The first kappa shape index (κ1) is 19.6. The average Bonchev–Trinajstić information content (AvgIpc) is 3.03. The van der Waals surface area contributed by atoms with Crippen LogP contribution in [0.2, 0.25) is 0 Å². The first-order valence-corrected chi connectivity index (χ1v) is 9.40. The summed E-state index contributed by atoms with van der Waals surface area (Å²) in [5.41, 5.74) is 1.12. The van der Waals surface area contributed by atoms with Gasteiger partial charge in [0.25, 0.3) is 5.56 Å². The zero-order valence-electron chi connectivity index (χ0n) is 16.0. The number of methoxy groups -OCH3 is 2. The number of carbonyl (C=O) groups excluding carboxylic acids is 1. The van der Waals surface area contributed by atoms with Gasteiger partial charge in [0.05, 0.1) is 26.2 Å². The van der Waals surface area contributed by atoms with Crippen molar-refractivity contribution in [2.45, 2.75) is 13.8 Å². The molecule has 3 aromatic rings. The Morgan fingerprint density at radius 1 is 1.18 bits per heavy atom. The van der Waals surface area contributed by atoms with E-state index < -0.39 is 5.97 Å². The second-order valence-corrected chi connectivity index (χ2v) is 6.89. The number of nitrogens with zero attached hydrogens (tertiary/aromatic N) is 1. The van der Waals surface area contributed by atoms with Crippen LogP contribution in [0.25, 0.3) is 22.4 Å². The molecular formula is C20H20N2O5S. The second-order valence-electron chi connectivity index (χ2n) is 5.89. The number of nitrogens with one attached hydrogen (secondary N) is 1. The number of thiophene rings is 1. The highest BCUT2D eigenvalue weighted by Gasteiger charge is 2.19. The highest BCUT2D eigenvalue weighted by atomic mass is 32.1. The summed E-state index contributed by atoms with van der Waals surface area (Å²) in [5.74, 6) is 1.26. The Balaban J connectivity index is 2.00. The van der Waals surface area contributed by atoms with Gasteiger partial charge in [0.2, 0.25) is 0 Å². The molecule has 0 bridgehead atoms. The molecule has 0 spiro atoms. The molecule has 1 aromatic carbocycles. The Kier molecular flexibility index (Phi) is 5.79. The van der Waals surface area contributed by atoms with Gasteiger partial charge in [-0.15, -0.1) is 11.3 Å². The Morgan fingerprint density at radius 2 is 1.86 bits per heavy atom. The predicted molar refractivity (Wildman–Crippen MR) is 109 cm³/mol. The van der Waals surface area contributed by atoms with Crippen LogP contribution in [-0.2, 0) is 4.74 Å². The fourth-order valence-corrected chi connectivity index (χ4v) is 3.81. The molecule has 0 saturated carbocycles. The largest absolute Gasteiger partial charge is 0.497 e. The Hall–Kier alpha value is -3.13. The number of rotatable bonds is 6. The molecule has 3 rings (SSSR count). The second kappa shape index (κ2) is 8.26. The van der Waals surface area contributed by atoms with Crippen LogP contribution in [-0.4, -0.2) is 36.8 Å². The highest BCUT2D eigenvalue weighted by molar-refractivity contribution is 7.20. The number of esters is 1. The zero-order valence-corrected chi connectivity index (χ0v) is 16.8. The minimum absolute atomic E-state index is 0.272. The molecule has 146 valence electrons. The molecule has 0 aliphatic rings. The third-order valence-electron chi connectivity index (χ3n) is 4.09. The quantitative estimate of drug-likeness (QED) is 0.635. The molecule has 8 heteroatoms. The van der Waals surface area contributed by atoms with Crippen LogP contribution in [0.1, 0.15) is 33.5 Å². The third-order valence-corrected chi connectivity index (χ3v) is 5.25. The molecule has 0 radical (unpaired) electrons.